The molecule has 0 aliphatic heterocycles. The second-order valence-electron chi connectivity index (χ2n) is 2.55. The lowest BCUT2D eigenvalue weighted by atomic mass is 10.2. The molecule has 3 atom stereocenters. The molecule has 60 valence electrons. The van der Waals surface area contributed by atoms with E-state index in [4.69, 9.17) is 16.4 Å². The standard InChI is InChI=1S/C5H8N4O2/c6-3-1-2(3)4(5(10)11)8-9-7/h2-4H,1,6H2,(H,10,11)/t2-,3-,4-/m1/s1. The summed E-state index contributed by atoms with van der Waals surface area (Å²) in [5.41, 5.74) is 13.4. The zero-order valence-corrected chi connectivity index (χ0v) is 5.71. The molecule has 0 unspecified atom stereocenters. The van der Waals surface area contributed by atoms with Crippen LogP contribution in [0.4, 0.5) is 0 Å². The van der Waals surface area contributed by atoms with Gasteiger partial charge in [0.05, 0.1) is 0 Å². The minimum Gasteiger partial charge on any atom is -0.481 e. The van der Waals surface area contributed by atoms with Crippen molar-refractivity contribution in [3.8, 4) is 0 Å². The first-order valence-electron chi connectivity index (χ1n) is 3.19. The summed E-state index contributed by atoms with van der Waals surface area (Å²) in [6.07, 6.45) is 0.635. The second-order valence-corrected chi connectivity index (χ2v) is 2.55. The summed E-state index contributed by atoms with van der Waals surface area (Å²) in [7, 11) is 0. The van der Waals surface area contributed by atoms with Crippen LogP contribution in [0.15, 0.2) is 5.11 Å². The van der Waals surface area contributed by atoms with Gasteiger partial charge in [-0.1, -0.05) is 5.11 Å². The third-order valence-corrected chi connectivity index (χ3v) is 1.73. The Kier molecular flexibility index (Phi) is 1.98. The molecule has 0 aromatic carbocycles. The number of carboxylic acids is 1. The van der Waals surface area contributed by atoms with Crippen molar-refractivity contribution in [1.29, 1.82) is 0 Å². The van der Waals surface area contributed by atoms with Gasteiger partial charge in [-0.3, -0.25) is 4.79 Å². The van der Waals surface area contributed by atoms with E-state index in [-0.39, 0.29) is 12.0 Å². The highest BCUT2D eigenvalue weighted by molar-refractivity contribution is 5.74. The maximum atomic E-state index is 10.4. The highest BCUT2D eigenvalue weighted by atomic mass is 16.4. The molecule has 0 radical (unpaired) electrons. The first kappa shape index (κ1) is 7.84. The minimum atomic E-state index is -1.10. The van der Waals surface area contributed by atoms with Gasteiger partial charge in [-0.2, -0.15) is 0 Å². The molecule has 1 aliphatic rings. The third-order valence-electron chi connectivity index (χ3n) is 1.73. The highest BCUT2D eigenvalue weighted by Crippen LogP contribution is 2.33. The van der Waals surface area contributed by atoms with Crippen molar-refractivity contribution in [2.75, 3.05) is 0 Å². The van der Waals surface area contributed by atoms with Gasteiger partial charge in [-0.15, -0.1) is 0 Å². The molecule has 0 heterocycles. The summed E-state index contributed by atoms with van der Waals surface area (Å²) in [5.74, 6) is -1.26. The van der Waals surface area contributed by atoms with Crippen molar-refractivity contribution in [3.05, 3.63) is 10.4 Å². The Morgan fingerprint density at radius 3 is 2.73 bits per heavy atom. The summed E-state index contributed by atoms with van der Waals surface area (Å²) in [6, 6.07) is -1.09. The van der Waals surface area contributed by atoms with E-state index in [0.29, 0.717) is 6.42 Å². The number of rotatable bonds is 3. The van der Waals surface area contributed by atoms with Crippen LogP contribution in [0.3, 0.4) is 0 Å². The third kappa shape index (κ3) is 1.60. The molecule has 1 fully saturated rings. The van der Waals surface area contributed by atoms with Gasteiger partial charge < -0.3 is 10.8 Å². The zero-order chi connectivity index (χ0) is 8.43. The number of azide groups is 1. The lowest BCUT2D eigenvalue weighted by Crippen LogP contribution is -2.23. The number of hydrogen-bond acceptors (Lipinski definition) is 3. The van der Waals surface area contributed by atoms with Gasteiger partial charge >= 0.3 is 5.97 Å². The Balaban J connectivity index is 2.60. The van der Waals surface area contributed by atoms with Crippen LogP contribution in [0.2, 0.25) is 0 Å². The van der Waals surface area contributed by atoms with Crippen LogP contribution >= 0.6 is 0 Å². The van der Waals surface area contributed by atoms with Gasteiger partial charge in [0, 0.05) is 11.0 Å². The predicted octanol–water partition coefficient (Wildman–Crippen LogP) is 0.0971. The predicted molar refractivity (Wildman–Crippen MR) is 36.7 cm³/mol. The summed E-state index contributed by atoms with van der Waals surface area (Å²) < 4.78 is 0. The van der Waals surface area contributed by atoms with E-state index in [9.17, 15) is 4.79 Å². The van der Waals surface area contributed by atoms with E-state index in [1.54, 1.807) is 0 Å². The zero-order valence-electron chi connectivity index (χ0n) is 5.71. The molecule has 0 spiro atoms. The van der Waals surface area contributed by atoms with Crippen LogP contribution in [0, 0.1) is 5.92 Å². The Labute approximate surface area is 62.6 Å². The molecule has 1 rings (SSSR count). The number of hydrogen-bond donors (Lipinski definition) is 2. The molecule has 0 saturated heterocycles. The summed E-state index contributed by atoms with van der Waals surface area (Å²) in [4.78, 5) is 12.8. The number of aliphatic carboxylic acids is 1. The number of carboxylic acid groups (broad SMARTS) is 1. The molecule has 3 N–H and O–H groups in total. The Hall–Kier alpha value is -1.26. The maximum absolute atomic E-state index is 10.4. The summed E-state index contributed by atoms with van der Waals surface area (Å²) in [6.45, 7) is 0. The molecular formula is C5H8N4O2. The van der Waals surface area contributed by atoms with Gasteiger partial charge in [0.15, 0.2) is 0 Å². The highest BCUT2D eigenvalue weighted by Gasteiger charge is 2.43. The molecule has 6 heteroatoms. The fourth-order valence-electron chi connectivity index (χ4n) is 0.973. The van der Waals surface area contributed by atoms with Crippen molar-refractivity contribution in [1.82, 2.24) is 0 Å². The van der Waals surface area contributed by atoms with Crippen molar-refractivity contribution in [2.24, 2.45) is 16.8 Å². The Morgan fingerprint density at radius 1 is 1.91 bits per heavy atom. The SMILES string of the molecule is [N-]=[N+]=N[C@@H](C(=O)O)[C@@H]1C[C@H]1N. The minimum absolute atomic E-state index is 0.110. The van der Waals surface area contributed by atoms with Crippen molar-refractivity contribution in [3.63, 3.8) is 0 Å². The lowest BCUT2D eigenvalue weighted by Gasteiger charge is -2.01. The van der Waals surface area contributed by atoms with Crippen molar-refractivity contribution >= 4 is 5.97 Å². The van der Waals surface area contributed by atoms with E-state index in [0.717, 1.165) is 0 Å². The van der Waals surface area contributed by atoms with E-state index in [1.165, 1.54) is 0 Å². The number of carbonyl (C=O) groups is 1. The van der Waals surface area contributed by atoms with Gasteiger partial charge in [0.1, 0.15) is 6.04 Å². The molecule has 0 aromatic heterocycles. The average molecular weight is 156 g/mol. The van der Waals surface area contributed by atoms with E-state index in [1.807, 2.05) is 0 Å². The largest absolute Gasteiger partial charge is 0.481 e. The van der Waals surface area contributed by atoms with Crippen LogP contribution in [-0.4, -0.2) is 23.2 Å². The summed E-state index contributed by atoms with van der Waals surface area (Å²) >= 11 is 0. The fraction of sp³-hybridized carbons (Fsp3) is 0.800. The lowest BCUT2D eigenvalue weighted by molar-refractivity contribution is -0.139. The van der Waals surface area contributed by atoms with E-state index < -0.39 is 12.0 Å². The molecule has 11 heavy (non-hydrogen) atoms. The van der Waals surface area contributed by atoms with Crippen LogP contribution < -0.4 is 5.73 Å². The Bertz CT molecular complexity index is 221. The first-order valence-corrected chi connectivity index (χ1v) is 3.19. The second kappa shape index (κ2) is 2.77. The summed E-state index contributed by atoms with van der Waals surface area (Å²) in [5, 5.41) is 11.6. The fourth-order valence-corrected chi connectivity index (χ4v) is 0.973. The van der Waals surface area contributed by atoms with Gasteiger partial charge in [0.2, 0.25) is 0 Å². The normalized spacial score (nSPS) is 30.3. The number of nitrogens with zero attached hydrogens (tertiary/aromatic N) is 3. The van der Waals surface area contributed by atoms with E-state index >= 15 is 0 Å². The first-order chi connectivity index (χ1) is 5.16. The molecule has 6 nitrogen and oxygen atoms in total. The maximum Gasteiger partial charge on any atom is 0.312 e. The van der Waals surface area contributed by atoms with Gasteiger partial charge in [0.25, 0.3) is 0 Å². The molecule has 0 aromatic rings. The average Bonchev–Trinajstić information content (AvgIpc) is 2.61. The molecule has 0 amide bonds. The van der Waals surface area contributed by atoms with Gasteiger partial charge in [-0.25, -0.2) is 0 Å². The smallest absolute Gasteiger partial charge is 0.312 e. The van der Waals surface area contributed by atoms with Crippen LogP contribution in [0.25, 0.3) is 10.4 Å². The topological polar surface area (TPSA) is 112 Å². The number of nitrogens with two attached hydrogens (primary N) is 1. The molecule has 0 bridgehead atoms. The van der Waals surface area contributed by atoms with Crippen LogP contribution in [0.1, 0.15) is 6.42 Å². The quantitative estimate of drug-likeness (QED) is 0.343. The monoisotopic (exact) mass is 156 g/mol. The molecule has 1 aliphatic carbocycles. The Morgan fingerprint density at radius 2 is 2.45 bits per heavy atom. The van der Waals surface area contributed by atoms with Crippen molar-refractivity contribution in [2.45, 2.75) is 18.5 Å². The van der Waals surface area contributed by atoms with E-state index in [2.05, 4.69) is 10.0 Å². The van der Waals surface area contributed by atoms with Gasteiger partial charge in [-0.05, 0) is 17.9 Å². The van der Waals surface area contributed by atoms with Crippen molar-refractivity contribution < 1.29 is 9.90 Å². The van der Waals surface area contributed by atoms with Crippen LogP contribution in [0.5, 0.6) is 0 Å². The molecular weight excluding hydrogens is 148 g/mol. The van der Waals surface area contributed by atoms with Crippen LogP contribution in [-0.2, 0) is 4.79 Å². The molecule has 1 saturated carbocycles.